The van der Waals surface area contributed by atoms with Gasteiger partial charge in [0.15, 0.2) is 0 Å². The molecule has 2 saturated carbocycles. The summed E-state index contributed by atoms with van der Waals surface area (Å²) in [5.74, 6) is -2.70. The number of hydrogen-bond acceptors (Lipinski definition) is 15. The van der Waals surface area contributed by atoms with Gasteiger partial charge in [0.1, 0.15) is 22.7 Å². The molecule has 2 aliphatic carbocycles. The van der Waals surface area contributed by atoms with E-state index in [4.69, 9.17) is 43.9 Å². The normalized spacial score (nSPS) is 32.2. The SMILES string of the molecule is [2H]C([2H])([2H])C1OC2(C(=O)N[C@@H]3C(=O)N4CCC[C@H](N4)C(=O)OCC(C)(C)Cc4c(-c5cc(C6CCN(C7CC7)CC6)cnc5[C@H](C)OC)n(CCOC5CCOCC5)c5ccc(cc45)-c4csc(n4)[C@H]3N3CC4(COC4)C3)CC1([2H])C2. The summed E-state index contributed by atoms with van der Waals surface area (Å²) >= 11 is 1.42. The second-order valence-corrected chi connectivity index (χ2v) is 25.5. The summed E-state index contributed by atoms with van der Waals surface area (Å²) < 4.78 is 72.5. The first-order valence-electron chi connectivity index (χ1n) is 30.4. The minimum Gasteiger partial charge on any atom is -0.464 e. The first kappa shape index (κ1) is 47.4. The molecule has 5 atom stereocenters. The molecule has 1 spiro atoms. The Bertz CT molecular complexity index is 3040. The third kappa shape index (κ3) is 9.86. The number of carbonyl (C=O) groups is 3. The molecule has 11 heterocycles. The average Bonchev–Trinajstić information content (AvgIpc) is 3.13. The van der Waals surface area contributed by atoms with E-state index in [1.165, 1.54) is 34.8 Å². The maximum atomic E-state index is 15.4. The molecule has 2 N–H and O–H groups in total. The average molecular weight is 1080 g/mol. The quantitative estimate of drug-likeness (QED) is 0.138. The minimum absolute atomic E-state index is 0.0866. The lowest BCUT2D eigenvalue weighted by Gasteiger charge is -2.58. The van der Waals surface area contributed by atoms with E-state index < -0.39 is 65.8 Å². The van der Waals surface area contributed by atoms with Crippen LogP contribution < -0.4 is 10.7 Å². The molecule has 4 aromatic rings. The van der Waals surface area contributed by atoms with Crippen LogP contribution in [0.15, 0.2) is 35.8 Å². The van der Waals surface area contributed by atoms with Gasteiger partial charge in [-0.15, -0.1) is 11.3 Å². The number of pyridine rings is 1. The smallest absolute Gasteiger partial charge is 0.324 e. The van der Waals surface area contributed by atoms with E-state index in [9.17, 15) is 9.59 Å². The number of cyclic esters (lactones) is 1. The Balaban J connectivity index is 0.942. The number of carbonyl (C=O) groups excluding carboxylic acids is 3. The summed E-state index contributed by atoms with van der Waals surface area (Å²) in [6.07, 6.45) is 8.05. The molecule has 7 saturated heterocycles. The van der Waals surface area contributed by atoms with Gasteiger partial charge in [-0.05, 0) is 139 Å². The topological polar surface area (TPSA) is 171 Å². The Morgan fingerprint density at radius 1 is 1.01 bits per heavy atom. The molecular formula is C59H78N8O9S. The van der Waals surface area contributed by atoms with Crippen LogP contribution in [0.2, 0.25) is 0 Å². The predicted octanol–water partition coefficient (Wildman–Crippen LogP) is 7.12. The van der Waals surface area contributed by atoms with E-state index in [1.54, 1.807) is 7.11 Å². The van der Waals surface area contributed by atoms with Gasteiger partial charge in [0.05, 0.1) is 67.9 Å². The largest absolute Gasteiger partial charge is 0.464 e. The first-order valence-corrected chi connectivity index (χ1v) is 29.3. The molecule has 414 valence electrons. The number of likely N-dealkylation sites (tertiary alicyclic amines) is 2. The lowest BCUT2D eigenvalue weighted by Crippen LogP contribution is -2.70. The lowest BCUT2D eigenvalue weighted by molar-refractivity contribution is -0.203. The second kappa shape index (κ2) is 20.6. The minimum atomic E-state index is -2.61. The van der Waals surface area contributed by atoms with Crippen molar-refractivity contribution in [2.45, 2.75) is 159 Å². The summed E-state index contributed by atoms with van der Waals surface area (Å²) in [6.45, 7) is 10.9. The van der Waals surface area contributed by atoms with Gasteiger partial charge >= 0.3 is 5.97 Å². The van der Waals surface area contributed by atoms with Crippen molar-refractivity contribution < 1.29 is 48.3 Å². The van der Waals surface area contributed by atoms with Gasteiger partial charge < -0.3 is 43.2 Å². The van der Waals surface area contributed by atoms with Crippen LogP contribution in [0.1, 0.15) is 137 Å². The molecule has 10 aliphatic rings. The van der Waals surface area contributed by atoms with E-state index in [-0.39, 0.29) is 43.6 Å². The van der Waals surface area contributed by atoms with Crippen molar-refractivity contribution in [1.29, 1.82) is 0 Å². The Hall–Kier alpha value is -4.37. The zero-order valence-electron chi connectivity index (χ0n) is 49.1. The van der Waals surface area contributed by atoms with E-state index in [1.807, 2.05) is 5.38 Å². The number of hydrogen-bond donors (Lipinski definition) is 2. The standard InChI is InChI=1S/C59H78N8O9S/c1-35-40-25-59(26-40,76-35)56(70)62-50-52(65-30-58(31-65)33-73-34-58)53-61-47(29-77-53)38-8-11-48-43(23-38)45(27-57(3,4)32-75-55(69)46-7-6-16-67(63-46)54(50)68)51(66(48)19-22-74-42-14-20-72-21-15-42)44-24-39(28-60-49(44)36(2)71-5)37-12-17-64(18-13-37)41-9-10-41/h8,11,23-24,28-29,35-37,40-42,46,50,52,63H,6-7,9-10,12-22,25-27,30-34H2,1-5H3,(H,62,70)/t35?,36-,40?,46-,50-,52-,59?/m0/s1/i1D3,40D. The third-order valence-electron chi connectivity index (χ3n) is 18.4. The number of amides is 2. The number of nitrogens with one attached hydrogen (secondary N) is 2. The van der Waals surface area contributed by atoms with E-state index >= 15 is 4.79 Å². The van der Waals surface area contributed by atoms with Crippen LogP contribution in [0.4, 0.5) is 0 Å². The van der Waals surface area contributed by atoms with E-state index in [2.05, 4.69) is 76.3 Å². The number of rotatable bonds is 12. The molecule has 3 aromatic heterocycles. The number of esters is 1. The fraction of sp³-hybridized carbons (Fsp3) is 0.678. The molecule has 18 heteroatoms. The van der Waals surface area contributed by atoms with Crippen LogP contribution in [0.3, 0.4) is 0 Å². The highest BCUT2D eigenvalue weighted by atomic mass is 32.1. The fourth-order valence-electron chi connectivity index (χ4n) is 13.7. The third-order valence-corrected chi connectivity index (χ3v) is 19.3. The van der Waals surface area contributed by atoms with Crippen LogP contribution in [0.25, 0.3) is 33.4 Å². The van der Waals surface area contributed by atoms with Gasteiger partial charge in [-0.3, -0.25) is 29.3 Å². The predicted molar refractivity (Wildman–Crippen MR) is 290 cm³/mol. The molecule has 0 radical (unpaired) electrons. The van der Waals surface area contributed by atoms with Crippen LogP contribution in [0, 0.1) is 16.7 Å². The highest BCUT2D eigenvalue weighted by Gasteiger charge is 2.62. The molecular weight excluding hydrogens is 997 g/mol. The molecule has 9 fully saturated rings. The van der Waals surface area contributed by atoms with Crippen LogP contribution in [-0.2, 0) is 55.8 Å². The van der Waals surface area contributed by atoms with Gasteiger partial charge in [-0.25, -0.2) is 10.4 Å². The highest BCUT2D eigenvalue weighted by molar-refractivity contribution is 7.10. The molecule has 1 unspecified atom stereocenters. The van der Waals surface area contributed by atoms with E-state index in [0.717, 1.165) is 83.8 Å². The highest BCUT2D eigenvalue weighted by Crippen LogP contribution is 2.53. The molecule has 1 aromatic carbocycles. The zero-order valence-corrected chi connectivity index (χ0v) is 45.9. The van der Waals surface area contributed by atoms with Crippen LogP contribution in [0.5, 0.6) is 0 Å². The number of aromatic nitrogens is 3. The Labute approximate surface area is 462 Å². The van der Waals surface area contributed by atoms with Crippen molar-refractivity contribution in [3.63, 3.8) is 0 Å². The van der Waals surface area contributed by atoms with Gasteiger partial charge in [0.25, 0.3) is 11.8 Å². The van der Waals surface area contributed by atoms with Crippen molar-refractivity contribution in [1.82, 2.24) is 40.1 Å². The van der Waals surface area contributed by atoms with E-state index in [0.29, 0.717) is 88.6 Å². The number of hydrazine groups is 1. The number of nitrogens with zero attached hydrogens (tertiary/aromatic N) is 6. The summed E-state index contributed by atoms with van der Waals surface area (Å²) in [5, 5.41) is 8.18. The summed E-state index contributed by atoms with van der Waals surface area (Å²) in [4.78, 5) is 60.3. The van der Waals surface area contributed by atoms with Crippen molar-refractivity contribution in [2.24, 2.45) is 16.7 Å². The number of methoxy groups -OCH3 is 1. The number of piperidine rings is 1. The maximum absolute atomic E-state index is 15.4. The van der Waals surface area contributed by atoms with Gasteiger partial charge in [-0.1, -0.05) is 19.9 Å². The Morgan fingerprint density at radius 3 is 2.55 bits per heavy atom. The molecule has 14 rings (SSSR count). The number of ether oxygens (including phenoxy) is 6. The molecule has 8 bridgehead atoms. The lowest BCUT2D eigenvalue weighted by atomic mass is 9.72. The fourth-order valence-corrected chi connectivity index (χ4v) is 14.7. The Morgan fingerprint density at radius 2 is 1.82 bits per heavy atom. The van der Waals surface area contributed by atoms with Gasteiger partial charge in [0.2, 0.25) is 0 Å². The zero-order chi connectivity index (χ0) is 56.2. The van der Waals surface area contributed by atoms with Crippen LogP contribution >= 0.6 is 11.3 Å². The summed E-state index contributed by atoms with van der Waals surface area (Å²) in [7, 11) is 1.73. The van der Waals surface area contributed by atoms with Crippen molar-refractivity contribution in [3.05, 3.63) is 57.7 Å². The summed E-state index contributed by atoms with van der Waals surface area (Å²) in [6, 6.07) is 6.74. The maximum Gasteiger partial charge on any atom is 0.324 e. The molecule has 2 amide bonds. The number of fused-ring (bicyclic) bond motifs is 7. The molecule has 77 heavy (non-hydrogen) atoms. The molecule has 17 nitrogen and oxygen atoms in total. The second-order valence-electron chi connectivity index (χ2n) is 24.6. The van der Waals surface area contributed by atoms with Crippen LogP contribution in [-0.4, -0.2) is 163 Å². The first-order chi connectivity index (χ1) is 38.8. The Kier molecular flexibility index (Phi) is 12.7. The number of thiazole rings is 1. The monoisotopic (exact) mass is 1080 g/mol. The van der Waals surface area contributed by atoms with Crippen molar-refractivity contribution in [2.75, 3.05) is 79.5 Å². The molecule has 8 aliphatic heterocycles. The van der Waals surface area contributed by atoms with Crippen molar-refractivity contribution in [3.8, 4) is 22.5 Å². The van der Waals surface area contributed by atoms with Gasteiger partial charge in [-0.2, -0.15) is 0 Å². The van der Waals surface area contributed by atoms with Crippen molar-refractivity contribution >= 4 is 40.0 Å². The number of benzene rings is 1. The summed E-state index contributed by atoms with van der Waals surface area (Å²) in [5.41, 5.74) is 8.74. The van der Waals surface area contributed by atoms with Gasteiger partial charge in [0, 0.05) is 102 Å².